The molecule has 1 fully saturated rings. The maximum Gasteiger partial charge on any atom is 0.276 e. The van der Waals surface area contributed by atoms with E-state index >= 15 is 0 Å². The molecule has 1 saturated heterocycles. The maximum atomic E-state index is 14.0. The molecular formula is C29H35FN7O4+. The molecule has 1 aromatic heterocycles. The largest absolute Gasteiger partial charge is 0.493 e. The van der Waals surface area contributed by atoms with Crippen molar-refractivity contribution in [2.45, 2.75) is 19.3 Å². The molecule has 1 amide bonds. The number of primary amides is 1. The second-order valence-corrected chi connectivity index (χ2v) is 10.3. The van der Waals surface area contributed by atoms with Crippen molar-refractivity contribution in [2.75, 3.05) is 51.8 Å². The van der Waals surface area contributed by atoms with Crippen LogP contribution in [0.1, 0.15) is 19.3 Å². The van der Waals surface area contributed by atoms with Crippen LogP contribution < -0.4 is 25.1 Å². The summed E-state index contributed by atoms with van der Waals surface area (Å²) in [7, 11) is 1.58. The fourth-order valence-corrected chi connectivity index (χ4v) is 5.24. The predicted octanol–water partition coefficient (Wildman–Crippen LogP) is 3.00. The SMILES string of the molecule is COc1cc2c(NC3=C[N+](CC(N)=O)(c4cccc(F)c4)N=C3)ncnc2cc1OCCCN1CCC(CO)CC1. The number of nitrogens with two attached hydrogens (primary N) is 1. The van der Waals surface area contributed by atoms with Crippen LogP contribution in [-0.2, 0) is 4.79 Å². The molecule has 216 valence electrons. The van der Waals surface area contributed by atoms with E-state index in [9.17, 15) is 14.3 Å². The highest BCUT2D eigenvalue weighted by molar-refractivity contribution is 5.96. The number of aliphatic hydroxyl groups is 1. The number of methoxy groups -OCH3 is 1. The van der Waals surface area contributed by atoms with Crippen molar-refractivity contribution < 1.29 is 23.8 Å². The first-order valence-corrected chi connectivity index (χ1v) is 13.7. The topological polar surface area (TPSA) is 135 Å². The van der Waals surface area contributed by atoms with Crippen LogP contribution in [0.4, 0.5) is 15.9 Å². The molecule has 0 aliphatic carbocycles. The zero-order chi connectivity index (χ0) is 28.8. The Bertz CT molecular complexity index is 1460. The predicted molar refractivity (Wildman–Crippen MR) is 155 cm³/mol. The second kappa shape index (κ2) is 12.6. The number of amides is 1. The molecule has 0 radical (unpaired) electrons. The number of rotatable bonds is 12. The molecule has 5 rings (SSSR count). The lowest BCUT2D eigenvalue weighted by Gasteiger charge is -2.30. The molecule has 1 atom stereocenters. The molecule has 2 aromatic carbocycles. The zero-order valence-electron chi connectivity index (χ0n) is 23.0. The van der Waals surface area contributed by atoms with Gasteiger partial charge in [-0.15, -0.1) is 4.59 Å². The van der Waals surface area contributed by atoms with E-state index in [1.165, 1.54) is 18.5 Å². The zero-order valence-corrected chi connectivity index (χ0v) is 23.0. The number of likely N-dealkylation sites (tertiary alicyclic amines) is 1. The van der Waals surface area contributed by atoms with Gasteiger partial charge in [0.15, 0.2) is 29.9 Å². The summed E-state index contributed by atoms with van der Waals surface area (Å²) in [6.45, 7) is 3.57. The molecule has 12 heteroatoms. The number of fused-ring (bicyclic) bond motifs is 1. The standard InChI is InChI=1S/C29H34FN7O4/c1-40-26-13-24-25(14-27(26)41-11-3-8-36-9-6-20(18-38)7-10-36)32-19-33-29(24)35-22-15-34-37(16-22,17-28(31)39)23-5-2-4-21(30)12-23/h2,4-5,12-16,19-20,38H,3,6-11,17-18H2,1H3,(H2-,31,32,33,35,39)/p+1. The van der Waals surface area contributed by atoms with E-state index < -0.39 is 11.7 Å². The summed E-state index contributed by atoms with van der Waals surface area (Å²) < 4.78 is 25.4. The van der Waals surface area contributed by atoms with Gasteiger partial charge in [-0.25, -0.2) is 14.4 Å². The third kappa shape index (κ3) is 6.62. The monoisotopic (exact) mass is 564 g/mol. The van der Waals surface area contributed by atoms with Crippen LogP contribution >= 0.6 is 0 Å². The quantitative estimate of drug-likeness (QED) is 0.226. The summed E-state index contributed by atoms with van der Waals surface area (Å²) >= 11 is 0. The third-order valence-electron chi connectivity index (χ3n) is 7.43. The lowest BCUT2D eigenvalue weighted by Crippen LogP contribution is -2.44. The average molecular weight is 565 g/mol. The summed E-state index contributed by atoms with van der Waals surface area (Å²) in [5.41, 5.74) is 7.18. The molecular weight excluding hydrogens is 529 g/mol. The van der Waals surface area contributed by atoms with Gasteiger partial charge in [-0.05, 0) is 50.4 Å². The third-order valence-corrected chi connectivity index (χ3v) is 7.43. The number of aliphatic hydroxyl groups excluding tert-OH is 1. The Morgan fingerprint density at radius 2 is 2.05 bits per heavy atom. The van der Waals surface area contributed by atoms with Gasteiger partial charge in [0.2, 0.25) is 0 Å². The Balaban J connectivity index is 1.30. The van der Waals surface area contributed by atoms with E-state index in [1.807, 2.05) is 12.1 Å². The molecule has 0 bridgehead atoms. The van der Waals surface area contributed by atoms with E-state index in [0.717, 1.165) is 38.9 Å². The van der Waals surface area contributed by atoms with Gasteiger partial charge < -0.3 is 30.5 Å². The van der Waals surface area contributed by atoms with Crippen molar-refractivity contribution in [1.29, 1.82) is 0 Å². The number of allylic oxidation sites excluding steroid dienone is 1. The van der Waals surface area contributed by atoms with Crippen LogP contribution in [0.3, 0.4) is 0 Å². The van der Waals surface area contributed by atoms with Gasteiger partial charge in [-0.1, -0.05) is 11.2 Å². The van der Waals surface area contributed by atoms with Crippen molar-refractivity contribution in [2.24, 2.45) is 16.8 Å². The van der Waals surface area contributed by atoms with E-state index in [0.29, 0.717) is 52.1 Å². The van der Waals surface area contributed by atoms with Crippen LogP contribution in [0.15, 0.2) is 59.7 Å². The lowest BCUT2D eigenvalue weighted by molar-refractivity contribution is -0.118. The Hall–Kier alpha value is -4.13. The lowest BCUT2D eigenvalue weighted by atomic mass is 9.98. The Kier molecular flexibility index (Phi) is 8.72. The average Bonchev–Trinajstić information content (AvgIpc) is 3.38. The Labute approximate surface area is 237 Å². The van der Waals surface area contributed by atoms with Gasteiger partial charge in [-0.2, -0.15) is 0 Å². The molecule has 11 nitrogen and oxygen atoms in total. The summed E-state index contributed by atoms with van der Waals surface area (Å²) in [6.07, 6.45) is 7.62. The van der Waals surface area contributed by atoms with Gasteiger partial charge in [0.05, 0.1) is 19.2 Å². The molecule has 4 N–H and O–H groups in total. The number of nitrogens with one attached hydrogen (secondary N) is 1. The van der Waals surface area contributed by atoms with Gasteiger partial charge in [-0.3, -0.25) is 4.79 Å². The smallest absolute Gasteiger partial charge is 0.276 e. The summed E-state index contributed by atoms with van der Waals surface area (Å²) in [5, 5.41) is 17.8. The van der Waals surface area contributed by atoms with Crippen molar-refractivity contribution in [3.8, 4) is 11.5 Å². The van der Waals surface area contributed by atoms with Crippen LogP contribution in [0, 0.1) is 11.7 Å². The summed E-state index contributed by atoms with van der Waals surface area (Å²) in [4.78, 5) is 23.1. The van der Waals surface area contributed by atoms with Gasteiger partial charge in [0.1, 0.15) is 29.9 Å². The van der Waals surface area contributed by atoms with Gasteiger partial charge in [0.25, 0.3) is 5.91 Å². The number of nitrogens with zero attached hydrogens (tertiary/aromatic N) is 5. The fourth-order valence-electron chi connectivity index (χ4n) is 5.24. The summed E-state index contributed by atoms with van der Waals surface area (Å²) in [6, 6.07) is 9.54. The maximum absolute atomic E-state index is 14.0. The number of aromatic nitrogens is 2. The first kappa shape index (κ1) is 28.4. The van der Waals surface area contributed by atoms with Crippen molar-refractivity contribution in [3.63, 3.8) is 0 Å². The fraction of sp³-hybridized carbons (Fsp3) is 0.379. The molecule has 3 aromatic rings. The molecule has 0 spiro atoms. The minimum Gasteiger partial charge on any atom is -0.493 e. The second-order valence-electron chi connectivity index (χ2n) is 10.3. The number of halogens is 1. The first-order valence-electron chi connectivity index (χ1n) is 13.7. The van der Waals surface area contributed by atoms with Gasteiger partial charge >= 0.3 is 0 Å². The van der Waals surface area contributed by atoms with Crippen LogP contribution in [0.5, 0.6) is 11.5 Å². The highest BCUT2D eigenvalue weighted by atomic mass is 19.1. The Morgan fingerprint density at radius 1 is 1.22 bits per heavy atom. The van der Waals surface area contributed by atoms with Crippen LogP contribution in [0.2, 0.25) is 0 Å². The molecule has 3 heterocycles. The Morgan fingerprint density at radius 3 is 2.78 bits per heavy atom. The van der Waals surface area contributed by atoms with Gasteiger partial charge in [0, 0.05) is 36.7 Å². The highest BCUT2D eigenvalue weighted by Gasteiger charge is 2.36. The molecule has 2 aliphatic rings. The van der Waals surface area contributed by atoms with E-state index in [1.54, 1.807) is 31.7 Å². The number of hydrogen-bond donors (Lipinski definition) is 3. The molecule has 41 heavy (non-hydrogen) atoms. The summed E-state index contributed by atoms with van der Waals surface area (Å²) in [5.74, 6) is 1.04. The number of quaternary nitrogens is 1. The van der Waals surface area contributed by atoms with Crippen LogP contribution in [-0.4, -0.2) is 78.6 Å². The number of hydrogen-bond acceptors (Lipinski definition) is 9. The van der Waals surface area contributed by atoms with E-state index in [4.69, 9.17) is 15.2 Å². The van der Waals surface area contributed by atoms with E-state index in [2.05, 4.69) is 25.3 Å². The molecule has 2 aliphatic heterocycles. The number of carbonyl (C=O) groups excluding carboxylic acids is 1. The number of anilines is 1. The van der Waals surface area contributed by atoms with Crippen molar-refractivity contribution in [1.82, 2.24) is 19.5 Å². The first-order chi connectivity index (χ1) is 19.9. The number of benzene rings is 2. The van der Waals surface area contributed by atoms with Crippen molar-refractivity contribution >= 4 is 34.5 Å². The number of ether oxygens (including phenoxy) is 2. The van der Waals surface area contributed by atoms with Crippen LogP contribution in [0.25, 0.3) is 10.9 Å². The minimum atomic E-state index is -0.583. The van der Waals surface area contributed by atoms with Crippen molar-refractivity contribution in [3.05, 3.63) is 60.4 Å². The molecule has 1 unspecified atom stereocenters. The number of piperidine rings is 1. The highest BCUT2D eigenvalue weighted by Crippen LogP contribution is 2.35. The number of carbonyl (C=O) groups is 1. The van der Waals surface area contributed by atoms with E-state index in [-0.39, 0.29) is 17.7 Å². The normalized spacial score (nSPS) is 19.3. The molecule has 0 saturated carbocycles. The minimum absolute atomic E-state index is 0.175.